The number of aliphatic hydroxyl groups excluding tert-OH is 16. The van der Waals surface area contributed by atoms with Crippen molar-refractivity contribution in [3.63, 3.8) is 0 Å². The van der Waals surface area contributed by atoms with Crippen LogP contribution in [0.2, 0.25) is 0 Å². The molecule has 3 rings (SSSR count). The standard InChI is InChI=1S/C34H58N2O28/c1-10(42)35-19-12(44)3-34(32(57)58,64-28(19)22(50)14(46)5-38)62-16(7-40)24(52)29-20(36-18(48)8-41)11(43)2-33(63-29,31(55)56)59-9-17-23(51)25(53)26(54)30(60-17)61-27(15(47)6-39)21(49)13(45)4-37/h11-17,19-30,37-41,43-47,49-54H,2-9H2,1H3,(H,35,42)(H,36,48)(H,55,56)(H,57,58)/t11-,12-,13-,14+,15+,16+,17+,19+,20+,21+,22+,23-,24+,25-,26+,27+,28+,29+,30-,33+,34+/m0/s1. The summed E-state index contributed by atoms with van der Waals surface area (Å²) in [5.74, 6) is -12.9. The van der Waals surface area contributed by atoms with Gasteiger partial charge in [-0.25, -0.2) is 9.59 Å². The van der Waals surface area contributed by atoms with Crippen LogP contribution in [0.5, 0.6) is 0 Å². The molecular formula is C34H58N2O28. The molecule has 20 N–H and O–H groups in total. The van der Waals surface area contributed by atoms with Gasteiger partial charge in [-0.15, -0.1) is 0 Å². The van der Waals surface area contributed by atoms with E-state index in [1.54, 1.807) is 0 Å². The summed E-state index contributed by atoms with van der Waals surface area (Å²) in [7, 11) is 0. The van der Waals surface area contributed by atoms with E-state index in [4.69, 9.17) is 28.4 Å². The smallest absolute Gasteiger partial charge is 0.364 e. The first-order valence-corrected chi connectivity index (χ1v) is 19.4. The number of rotatable bonds is 23. The number of carboxylic acids is 2. The number of amides is 2. The average Bonchev–Trinajstić information content (AvgIpc) is 3.26. The van der Waals surface area contributed by atoms with E-state index in [0.717, 1.165) is 6.92 Å². The van der Waals surface area contributed by atoms with Crippen molar-refractivity contribution in [3.8, 4) is 0 Å². The number of hydrogen-bond donors (Lipinski definition) is 20. The Labute approximate surface area is 360 Å². The van der Waals surface area contributed by atoms with Crippen LogP contribution in [0.25, 0.3) is 0 Å². The zero-order valence-electron chi connectivity index (χ0n) is 33.8. The fraction of sp³-hybridized carbons (Fsp3) is 0.882. The van der Waals surface area contributed by atoms with E-state index in [0.29, 0.717) is 0 Å². The van der Waals surface area contributed by atoms with Gasteiger partial charge in [-0.1, -0.05) is 0 Å². The Kier molecular flexibility index (Phi) is 20.4. The van der Waals surface area contributed by atoms with Crippen LogP contribution in [0.4, 0.5) is 0 Å². The number of carbonyl (C=O) groups is 4. The van der Waals surface area contributed by atoms with E-state index < -0.39 is 204 Å². The third kappa shape index (κ3) is 12.5. The molecule has 0 saturated carbocycles. The number of nitrogens with one attached hydrogen (secondary N) is 2. The Morgan fingerprint density at radius 1 is 0.672 bits per heavy atom. The average molecular weight is 943 g/mol. The first-order chi connectivity index (χ1) is 29.9. The van der Waals surface area contributed by atoms with Crippen LogP contribution in [0.15, 0.2) is 0 Å². The largest absolute Gasteiger partial charge is 0.477 e. The molecule has 0 radical (unpaired) electrons. The molecule has 0 aromatic carbocycles. The SMILES string of the molecule is CC(=O)N[C@H]1[C@H]([C@H](O)[C@H](O)CO)O[C@@](O[C@H](CO)[C@@H](O)[C@@H]2O[C@@](OC[C@H]3O[C@@H](O[C@@H]([C@H](O)[C@@H](O)CO)[C@H](O)CO)[C@H](O)[C@@H](O)[C@H]3O)(C(=O)O)C[C@H](O)[C@H]2NC(=O)CO)(C(=O)O)C[C@@H]1O. The molecule has 3 aliphatic rings. The van der Waals surface area contributed by atoms with E-state index in [1.165, 1.54) is 0 Å². The van der Waals surface area contributed by atoms with Crippen LogP contribution >= 0.6 is 0 Å². The van der Waals surface area contributed by atoms with Gasteiger partial charge in [0, 0.05) is 19.8 Å². The van der Waals surface area contributed by atoms with Crippen molar-refractivity contribution in [2.45, 2.75) is 147 Å². The second-order valence-electron chi connectivity index (χ2n) is 15.3. The van der Waals surface area contributed by atoms with E-state index in [1.807, 2.05) is 5.32 Å². The van der Waals surface area contributed by atoms with Crippen molar-refractivity contribution in [1.29, 1.82) is 0 Å². The van der Waals surface area contributed by atoms with Crippen LogP contribution in [-0.2, 0) is 47.6 Å². The maximum Gasteiger partial charge on any atom is 0.364 e. The van der Waals surface area contributed by atoms with Crippen LogP contribution in [-0.4, -0.2) is 283 Å². The van der Waals surface area contributed by atoms with Gasteiger partial charge < -0.3 is 131 Å². The zero-order valence-corrected chi connectivity index (χ0v) is 33.8. The lowest BCUT2D eigenvalue weighted by molar-refractivity contribution is -0.356. The predicted octanol–water partition coefficient (Wildman–Crippen LogP) is -12.4. The fourth-order valence-electron chi connectivity index (χ4n) is 7.23. The molecule has 3 saturated heterocycles. The first kappa shape index (κ1) is 55.3. The topological polar surface area (TPSA) is 512 Å². The van der Waals surface area contributed by atoms with E-state index >= 15 is 0 Å². The molecule has 0 aromatic rings. The second-order valence-corrected chi connectivity index (χ2v) is 15.3. The molecule has 64 heavy (non-hydrogen) atoms. The van der Waals surface area contributed by atoms with Crippen LogP contribution in [0, 0.1) is 0 Å². The summed E-state index contributed by atoms with van der Waals surface area (Å²) in [6.07, 6.45) is -39.7. The highest BCUT2D eigenvalue weighted by Crippen LogP contribution is 2.38. The minimum absolute atomic E-state index is 0.850. The molecule has 3 heterocycles. The summed E-state index contributed by atoms with van der Waals surface area (Å²) in [5, 5.41) is 190. The molecular weight excluding hydrogens is 884 g/mol. The Bertz CT molecular complexity index is 1530. The van der Waals surface area contributed by atoms with Gasteiger partial charge in [-0.3, -0.25) is 9.59 Å². The van der Waals surface area contributed by atoms with Gasteiger partial charge in [-0.05, 0) is 0 Å². The second kappa shape index (κ2) is 23.6. The summed E-state index contributed by atoms with van der Waals surface area (Å²) in [6.45, 7) is -6.41. The Morgan fingerprint density at radius 3 is 1.69 bits per heavy atom. The highest BCUT2D eigenvalue weighted by molar-refractivity contribution is 5.78. The number of hydrogen-bond acceptors (Lipinski definition) is 26. The van der Waals surface area contributed by atoms with Crippen LogP contribution < -0.4 is 10.6 Å². The van der Waals surface area contributed by atoms with E-state index in [-0.39, 0.29) is 0 Å². The summed E-state index contributed by atoms with van der Waals surface area (Å²) < 4.78 is 32.8. The lowest BCUT2D eigenvalue weighted by atomic mass is 9.87. The number of ether oxygens (including phenoxy) is 6. The summed E-state index contributed by atoms with van der Waals surface area (Å²) in [5.41, 5.74) is 0. The van der Waals surface area contributed by atoms with Crippen molar-refractivity contribution in [2.24, 2.45) is 0 Å². The minimum atomic E-state index is -3.25. The Hall–Kier alpha value is -3.00. The van der Waals surface area contributed by atoms with Gasteiger partial charge in [-0.2, -0.15) is 0 Å². The highest BCUT2D eigenvalue weighted by Gasteiger charge is 2.60. The molecule has 3 fully saturated rings. The molecule has 2 amide bonds. The van der Waals surface area contributed by atoms with Crippen molar-refractivity contribution < 1.29 is 140 Å². The lowest BCUT2D eigenvalue weighted by Crippen LogP contribution is -2.71. The van der Waals surface area contributed by atoms with Crippen molar-refractivity contribution in [3.05, 3.63) is 0 Å². The molecule has 3 aliphatic heterocycles. The molecule has 0 spiro atoms. The predicted molar refractivity (Wildman–Crippen MR) is 195 cm³/mol. The van der Waals surface area contributed by atoms with Gasteiger partial charge in [0.15, 0.2) is 6.29 Å². The maximum absolute atomic E-state index is 12.9. The maximum atomic E-state index is 12.9. The van der Waals surface area contributed by atoms with Gasteiger partial charge in [0.1, 0.15) is 92.1 Å². The van der Waals surface area contributed by atoms with Crippen molar-refractivity contribution >= 4 is 23.8 Å². The highest BCUT2D eigenvalue weighted by atomic mass is 16.8. The normalized spacial score (nSPS) is 37.2. The Morgan fingerprint density at radius 2 is 1.19 bits per heavy atom. The van der Waals surface area contributed by atoms with Gasteiger partial charge in [0.25, 0.3) is 11.6 Å². The Balaban J connectivity index is 2.01. The minimum Gasteiger partial charge on any atom is -0.477 e. The van der Waals surface area contributed by atoms with Crippen LogP contribution in [0.3, 0.4) is 0 Å². The molecule has 0 bridgehead atoms. The first-order valence-electron chi connectivity index (χ1n) is 19.4. The number of aliphatic carboxylic acids is 2. The third-order valence-electron chi connectivity index (χ3n) is 10.7. The zero-order chi connectivity index (χ0) is 48.6. The quantitative estimate of drug-likeness (QED) is 0.0452. The van der Waals surface area contributed by atoms with E-state index in [2.05, 4.69) is 5.32 Å². The lowest BCUT2D eigenvalue weighted by Gasteiger charge is -2.50. The molecule has 0 unspecified atom stereocenters. The number of carbonyl (C=O) groups excluding carboxylic acids is 2. The molecule has 30 heteroatoms. The molecule has 372 valence electrons. The molecule has 30 nitrogen and oxygen atoms in total. The van der Waals surface area contributed by atoms with Crippen molar-refractivity contribution in [1.82, 2.24) is 10.6 Å². The fourth-order valence-corrected chi connectivity index (χ4v) is 7.23. The van der Waals surface area contributed by atoms with Gasteiger partial charge >= 0.3 is 11.9 Å². The molecule has 0 aromatic heterocycles. The summed E-state index contributed by atoms with van der Waals surface area (Å²) >= 11 is 0. The van der Waals surface area contributed by atoms with Crippen LogP contribution in [0.1, 0.15) is 19.8 Å². The monoisotopic (exact) mass is 942 g/mol. The van der Waals surface area contributed by atoms with Crippen molar-refractivity contribution in [2.75, 3.05) is 39.6 Å². The van der Waals surface area contributed by atoms with Gasteiger partial charge in [0.2, 0.25) is 11.8 Å². The third-order valence-corrected chi connectivity index (χ3v) is 10.7. The summed E-state index contributed by atoms with van der Waals surface area (Å²) in [6, 6.07) is -3.69. The van der Waals surface area contributed by atoms with E-state index in [9.17, 15) is 111 Å². The molecule has 0 aliphatic carbocycles. The number of aliphatic hydroxyl groups is 16. The van der Waals surface area contributed by atoms with Gasteiger partial charge in [0.05, 0.1) is 57.3 Å². The number of carboxylic acid groups (broad SMARTS) is 2. The molecule has 21 atom stereocenters. The summed E-state index contributed by atoms with van der Waals surface area (Å²) in [4.78, 5) is 50.1.